The highest BCUT2D eigenvalue weighted by atomic mass is 16.5. The molecule has 1 aromatic rings. The lowest BCUT2D eigenvalue weighted by atomic mass is 10.1. The molecule has 0 spiro atoms. The highest BCUT2D eigenvalue weighted by molar-refractivity contribution is 5.05. The number of hydrogen-bond donors (Lipinski definition) is 1. The van der Waals surface area contributed by atoms with Crippen molar-refractivity contribution in [2.75, 3.05) is 19.6 Å². The summed E-state index contributed by atoms with van der Waals surface area (Å²) in [5, 5.41) is 7.44. The minimum Gasteiger partial charge on any atom is -0.360 e. The predicted octanol–water partition coefficient (Wildman–Crippen LogP) is 2.41. The molecule has 1 aromatic heterocycles. The van der Waals surface area contributed by atoms with Crippen molar-refractivity contribution in [3.63, 3.8) is 0 Å². The zero-order valence-corrected chi connectivity index (χ0v) is 11.6. The molecule has 2 rings (SSSR count). The van der Waals surface area contributed by atoms with Crippen LogP contribution in [0.15, 0.2) is 10.6 Å². The number of likely N-dealkylation sites (tertiary alicyclic amines) is 1. The summed E-state index contributed by atoms with van der Waals surface area (Å²) < 4.78 is 5.39. The Morgan fingerprint density at radius 2 is 2.39 bits per heavy atom. The predicted molar refractivity (Wildman–Crippen MR) is 72.2 cm³/mol. The van der Waals surface area contributed by atoms with Crippen LogP contribution in [0.5, 0.6) is 0 Å². The van der Waals surface area contributed by atoms with Gasteiger partial charge in [0.25, 0.3) is 0 Å². The molecule has 102 valence electrons. The second-order valence-electron chi connectivity index (χ2n) is 5.26. The number of hydrogen-bond acceptors (Lipinski definition) is 4. The fourth-order valence-corrected chi connectivity index (χ4v) is 2.52. The second-order valence-corrected chi connectivity index (χ2v) is 5.26. The largest absolute Gasteiger partial charge is 0.360 e. The lowest BCUT2D eigenvalue weighted by Crippen LogP contribution is -2.19. The topological polar surface area (TPSA) is 41.3 Å². The molecule has 2 heterocycles. The molecular formula is C14H25N3O. The summed E-state index contributed by atoms with van der Waals surface area (Å²) in [4.78, 5) is 2.47. The van der Waals surface area contributed by atoms with Crippen LogP contribution in [-0.4, -0.2) is 29.7 Å². The minimum absolute atomic E-state index is 0.814. The van der Waals surface area contributed by atoms with Crippen LogP contribution in [0.25, 0.3) is 0 Å². The van der Waals surface area contributed by atoms with Gasteiger partial charge in [0.05, 0.1) is 12.2 Å². The quantitative estimate of drug-likeness (QED) is 0.756. The Labute approximate surface area is 110 Å². The second kappa shape index (κ2) is 6.90. The highest BCUT2D eigenvalue weighted by Crippen LogP contribution is 2.21. The van der Waals surface area contributed by atoms with E-state index in [1.165, 1.54) is 25.9 Å². The van der Waals surface area contributed by atoms with Gasteiger partial charge in [0.2, 0.25) is 0 Å². The van der Waals surface area contributed by atoms with Crippen LogP contribution in [0, 0.1) is 5.92 Å². The molecule has 1 aliphatic rings. The summed E-state index contributed by atoms with van der Waals surface area (Å²) in [6.07, 6.45) is 3.77. The first-order valence-electron chi connectivity index (χ1n) is 7.19. The summed E-state index contributed by atoms with van der Waals surface area (Å²) in [7, 11) is 0. The van der Waals surface area contributed by atoms with Crippen molar-refractivity contribution in [1.29, 1.82) is 0 Å². The van der Waals surface area contributed by atoms with Crippen molar-refractivity contribution >= 4 is 0 Å². The van der Waals surface area contributed by atoms with Crippen molar-refractivity contribution in [1.82, 2.24) is 15.4 Å². The van der Waals surface area contributed by atoms with Gasteiger partial charge in [-0.15, -0.1) is 0 Å². The van der Waals surface area contributed by atoms with Gasteiger partial charge in [-0.3, -0.25) is 4.90 Å². The van der Waals surface area contributed by atoms with Crippen molar-refractivity contribution in [3.05, 3.63) is 17.5 Å². The van der Waals surface area contributed by atoms with Gasteiger partial charge in [0, 0.05) is 19.2 Å². The van der Waals surface area contributed by atoms with E-state index in [1.807, 2.05) is 0 Å². The Morgan fingerprint density at radius 1 is 1.50 bits per heavy atom. The molecule has 0 amide bonds. The van der Waals surface area contributed by atoms with E-state index in [1.54, 1.807) is 0 Å². The molecule has 1 fully saturated rings. The monoisotopic (exact) mass is 251 g/mol. The van der Waals surface area contributed by atoms with E-state index >= 15 is 0 Å². The number of aromatic nitrogens is 1. The van der Waals surface area contributed by atoms with Gasteiger partial charge in [-0.2, -0.15) is 0 Å². The van der Waals surface area contributed by atoms with Crippen molar-refractivity contribution in [2.45, 2.75) is 46.2 Å². The van der Waals surface area contributed by atoms with E-state index < -0.39 is 0 Å². The first kappa shape index (κ1) is 13.6. The Kier molecular flexibility index (Phi) is 5.20. The third-order valence-corrected chi connectivity index (χ3v) is 3.67. The van der Waals surface area contributed by atoms with Crippen molar-refractivity contribution in [2.24, 2.45) is 5.92 Å². The van der Waals surface area contributed by atoms with Crippen molar-refractivity contribution in [3.8, 4) is 0 Å². The molecule has 4 nitrogen and oxygen atoms in total. The Morgan fingerprint density at radius 3 is 3.11 bits per heavy atom. The maximum absolute atomic E-state index is 5.39. The van der Waals surface area contributed by atoms with Crippen LogP contribution in [0.1, 0.15) is 44.6 Å². The van der Waals surface area contributed by atoms with E-state index in [4.69, 9.17) is 4.52 Å². The van der Waals surface area contributed by atoms with E-state index in [9.17, 15) is 0 Å². The standard InChI is InChI=1S/C14H25N3O/c1-3-6-15-9-13-8-14(18-16-13)11-17-7-5-12(4-2)10-17/h8,12,15H,3-7,9-11H2,1-2H3. The van der Waals surface area contributed by atoms with Crippen LogP contribution in [0.2, 0.25) is 0 Å². The maximum atomic E-state index is 5.39. The number of nitrogens with zero attached hydrogens (tertiary/aromatic N) is 2. The fourth-order valence-electron chi connectivity index (χ4n) is 2.52. The van der Waals surface area contributed by atoms with Gasteiger partial charge < -0.3 is 9.84 Å². The van der Waals surface area contributed by atoms with Crippen LogP contribution < -0.4 is 5.32 Å². The van der Waals surface area contributed by atoms with Crippen LogP contribution >= 0.6 is 0 Å². The molecule has 1 N–H and O–H groups in total. The van der Waals surface area contributed by atoms with Crippen LogP contribution in [-0.2, 0) is 13.1 Å². The number of nitrogens with one attached hydrogen (secondary N) is 1. The molecule has 1 aliphatic heterocycles. The molecule has 0 saturated carbocycles. The first-order valence-corrected chi connectivity index (χ1v) is 7.19. The normalized spacial score (nSPS) is 20.7. The van der Waals surface area contributed by atoms with E-state index in [0.717, 1.165) is 43.4 Å². The Balaban J connectivity index is 1.76. The average molecular weight is 251 g/mol. The van der Waals surface area contributed by atoms with E-state index in [2.05, 4.69) is 35.3 Å². The summed E-state index contributed by atoms with van der Waals surface area (Å²) >= 11 is 0. The molecule has 1 unspecified atom stereocenters. The third kappa shape index (κ3) is 3.82. The third-order valence-electron chi connectivity index (χ3n) is 3.67. The summed E-state index contributed by atoms with van der Waals surface area (Å²) in [6, 6.07) is 2.09. The van der Waals surface area contributed by atoms with E-state index in [-0.39, 0.29) is 0 Å². The lowest BCUT2D eigenvalue weighted by Gasteiger charge is -2.12. The number of rotatable bonds is 7. The lowest BCUT2D eigenvalue weighted by molar-refractivity contribution is 0.264. The molecule has 0 radical (unpaired) electrons. The van der Waals surface area contributed by atoms with Crippen molar-refractivity contribution < 1.29 is 4.52 Å². The van der Waals surface area contributed by atoms with Gasteiger partial charge in [-0.25, -0.2) is 0 Å². The smallest absolute Gasteiger partial charge is 0.151 e. The van der Waals surface area contributed by atoms with Gasteiger partial charge in [-0.05, 0) is 31.8 Å². The summed E-state index contributed by atoms with van der Waals surface area (Å²) in [5.41, 5.74) is 1.02. The Bertz CT molecular complexity index is 351. The Hall–Kier alpha value is -0.870. The van der Waals surface area contributed by atoms with Crippen LogP contribution in [0.4, 0.5) is 0 Å². The maximum Gasteiger partial charge on any atom is 0.151 e. The summed E-state index contributed by atoms with van der Waals surface area (Å²) in [5.74, 6) is 1.87. The van der Waals surface area contributed by atoms with Crippen LogP contribution in [0.3, 0.4) is 0 Å². The zero-order chi connectivity index (χ0) is 12.8. The zero-order valence-electron chi connectivity index (χ0n) is 11.6. The minimum atomic E-state index is 0.814. The molecule has 0 aromatic carbocycles. The highest BCUT2D eigenvalue weighted by Gasteiger charge is 2.21. The summed E-state index contributed by atoms with van der Waals surface area (Å²) in [6.45, 7) is 9.61. The van der Waals surface area contributed by atoms with Gasteiger partial charge >= 0.3 is 0 Å². The molecule has 0 aliphatic carbocycles. The molecule has 4 heteroatoms. The fraction of sp³-hybridized carbons (Fsp3) is 0.786. The SMILES string of the molecule is CCCNCc1cc(CN2CCC(CC)C2)on1. The molecule has 0 bridgehead atoms. The van der Waals surface area contributed by atoms with Gasteiger partial charge in [-0.1, -0.05) is 25.4 Å². The van der Waals surface area contributed by atoms with Gasteiger partial charge in [0.15, 0.2) is 5.76 Å². The van der Waals surface area contributed by atoms with Gasteiger partial charge in [0.1, 0.15) is 0 Å². The molecule has 18 heavy (non-hydrogen) atoms. The molecular weight excluding hydrogens is 226 g/mol. The molecule has 1 atom stereocenters. The molecule has 1 saturated heterocycles. The van der Waals surface area contributed by atoms with E-state index in [0.29, 0.717) is 0 Å². The average Bonchev–Trinajstić information content (AvgIpc) is 3.00. The first-order chi connectivity index (χ1) is 8.81.